The van der Waals surface area contributed by atoms with Gasteiger partial charge in [0, 0.05) is 35.0 Å². The number of carbonyl (C=O) groups excluding carboxylic acids is 2. The third-order valence-electron chi connectivity index (χ3n) is 4.18. The molecule has 1 N–H and O–H groups in total. The van der Waals surface area contributed by atoms with Crippen LogP contribution in [-0.4, -0.2) is 27.9 Å². The van der Waals surface area contributed by atoms with Gasteiger partial charge in [0.05, 0.1) is 16.2 Å². The number of alkyl halides is 3. The Labute approximate surface area is 182 Å². The maximum absolute atomic E-state index is 13.3. The van der Waals surface area contributed by atoms with Crippen LogP contribution in [0.2, 0.25) is 0 Å². The molecule has 8 nitrogen and oxygen atoms in total. The van der Waals surface area contributed by atoms with Gasteiger partial charge in [0.25, 0.3) is 11.6 Å². The molecule has 0 spiro atoms. The summed E-state index contributed by atoms with van der Waals surface area (Å²) in [4.78, 5) is 39.3. The number of thiophene rings is 1. The molecule has 0 fully saturated rings. The topological polar surface area (TPSA) is 111 Å². The van der Waals surface area contributed by atoms with Crippen LogP contribution in [-0.2, 0) is 15.7 Å². The summed E-state index contributed by atoms with van der Waals surface area (Å²) >= 11 is 1.10. The van der Waals surface area contributed by atoms with E-state index in [4.69, 9.17) is 4.74 Å². The molecule has 1 atom stereocenters. The first-order chi connectivity index (χ1) is 15.1. The first-order valence-electron chi connectivity index (χ1n) is 8.94. The number of nitro benzene ring substituents is 1. The number of aromatic nitrogens is 1. The maximum Gasteiger partial charge on any atom is 0.418 e. The summed E-state index contributed by atoms with van der Waals surface area (Å²) in [6.07, 6.45) is -3.17. The van der Waals surface area contributed by atoms with Gasteiger partial charge in [-0.2, -0.15) is 13.2 Å². The number of carbonyl (C=O) groups is 2. The van der Waals surface area contributed by atoms with Crippen molar-refractivity contribution in [2.24, 2.45) is 0 Å². The third-order valence-corrected chi connectivity index (χ3v) is 5.30. The van der Waals surface area contributed by atoms with Crippen LogP contribution in [0, 0.1) is 10.1 Å². The largest absolute Gasteiger partial charge is 0.448 e. The number of hydrogen-bond donors (Lipinski definition) is 1. The normalized spacial score (nSPS) is 12.1. The Bertz CT molecular complexity index is 1160. The number of halogens is 3. The van der Waals surface area contributed by atoms with Gasteiger partial charge in [0.15, 0.2) is 6.10 Å². The molecule has 0 aliphatic carbocycles. The lowest BCUT2D eigenvalue weighted by Crippen LogP contribution is -2.30. The zero-order valence-electron chi connectivity index (χ0n) is 16.3. The van der Waals surface area contributed by atoms with Crippen LogP contribution in [0.15, 0.2) is 54.9 Å². The monoisotopic (exact) mass is 465 g/mol. The van der Waals surface area contributed by atoms with Crippen molar-refractivity contribution < 1.29 is 32.4 Å². The second-order valence-corrected chi connectivity index (χ2v) is 7.51. The Hall–Kier alpha value is -3.80. The molecule has 2 aromatic heterocycles. The highest BCUT2D eigenvalue weighted by Crippen LogP contribution is 2.37. The highest BCUT2D eigenvalue weighted by Gasteiger charge is 2.36. The first kappa shape index (κ1) is 22.9. The number of benzene rings is 1. The van der Waals surface area contributed by atoms with Crippen molar-refractivity contribution >= 4 is 34.6 Å². The van der Waals surface area contributed by atoms with E-state index >= 15 is 0 Å². The van der Waals surface area contributed by atoms with E-state index in [1.54, 1.807) is 30.6 Å². The highest BCUT2D eigenvalue weighted by molar-refractivity contribution is 7.17. The summed E-state index contributed by atoms with van der Waals surface area (Å²) in [7, 11) is 0. The molecule has 2 heterocycles. The summed E-state index contributed by atoms with van der Waals surface area (Å²) in [6.45, 7) is 1.20. The Kier molecular flexibility index (Phi) is 6.53. The summed E-state index contributed by atoms with van der Waals surface area (Å²) in [6, 6.07) is 8.62. The first-order valence-corrected chi connectivity index (χ1v) is 9.75. The van der Waals surface area contributed by atoms with Crippen molar-refractivity contribution in [1.29, 1.82) is 0 Å². The molecular weight excluding hydrogens is 451 g/mol. The number of hydrogen-bond acceptors (Lipinski definition) is 7. The molecule has 3 rings (SSSR count). The predicted molar refractivity (Wildman–Crippen MR) is 109 cm³/mol. The van der Waals surface area contributed by atoms with Crippen LogP contribution < -0.4 is 5.32 Å². The SMILES string of the molecule is CC(OC(=O)c1ccc(-c2cccnc2)s1)C(=O)Nc1ccc([N+](=O)[O-])cc1C(F)(F)F. The van der Waals surface area contributed by atoms with E-state index in [-0.39, 0.29) is 4.88 Å². The summed E-state index contributed by atoms with van der Waals surface area (Å²) in [5.74, 6) is -1.85. The number of rotatable bonds is 6. The van der Waals surface area contributed by atoms with Crippen LogP contribution >= 0.6 is 11.3 Å². The average Bonchev–Trinajstić information content (AvgIpc) is 3.24. The maximum atomic E-state index is 13.3. The van der Waals surface area contributed by atoms with E-state index < -0.39 is 46.0 Å². The molecule has 166 valence electrons. The molecule has 1 aromatic carbocycles. The molecule has 32 heavy (non-hydrogen) atoms. The lowest BCUT2D eigenvalue weighted by atomic mass is 10.1. The fourth-order valence-corrected chi connectivity index (χ4v) is 3.49. The second kappa shape index (κ2) is 9.14. The molecule has 3 aromatic rings. The fraction of sp³-hybridized carbons (Fsp3) is 0.150. The molecule has 1 amide bonds. The molecule has 0 saturated heterocycles. The van der Waals surface area contributed by atoms with Crippen LogP contribution in [0.3, 0.4) is 0 Å². The number of ether oxygens (including phenoxy) is 1. The van der Waals surface area contributed by atoms with Crippen molar-refractivity contribution in [2.45, 2.75) is 19.2 Å². The standard InChI is InChI=1S/C20H14F3N3O5S/c1-11(31-19(28)17-7-6-16(32-17)12-3-2-8-24-10-12)18(27)25-15-5-4-13(26(29)30)9-14(15)20(21,22)23/h2-11H,1H3,(H,25,27). The summed E-state index contributed by atoms with van der Waals surface area (Å²) < 4.78 is 44.8. The Morgan fingerprint density at radius 3 is 2.59 bits per heavy atom. The average molecular weight is 465 g/mol. The van der Waals surface area contributed by atoms with Gasteiger partial charge in [-0.15, -0.1) is 11.3 Å². The molecule has 0 saturated carbocycles. The molecule has 0 aliphatic heterocycles. The lowest BCUT2D eigenvalue weighted by molar-refractivity contribution is -0.385. The zero-order valence-corrected chi connectivity index (χ0v) is 17.1. The van der Waals surface area contributed by atoms with Crippen LogP contribution in [0.25, 0.3) is 10.4 Å². The molecule has 0 aliphatic rings. The predicted octanol–water partition coefficient (Wildman–Crippen LogP) is 4.92. The van der Waals surface area contributed by atoms with Gasteiger partial charge in [0.1, 0.15) is 4.88 Å². The van der Waals surface area contributed by atoms with E-state index in [0.717, 1.165) is 33.9 Å². The minimum absolute atomic E-state index is 0.190. The van der Waals surface area contributed by atoms with Crippen molar-refractivity contribution in [2.75, 3.05) is 5.32 Å². The Morgan fingerprint density at radius 2 is 1.97 bits per heavy atom. The van der Waals surface area contributed by atoms with E-state index in [2.05, 4.69) is 4.98 Å². The van der Waals surface area contributed by atoms with Gasteiger partial charge in [-0.05, 0) is 31.2 Å². The quantitative estimate of drug-likeness (QED) is 0.314. The van der Waals surface area contributed by atoms with Crippen molar-refractivity contribution in [3.05, 3.63) is 75.4 Å². The smallest absolute Gasteiger partial charge is 0.418 e. The number of esters is 1. The minimum Gasteiger partial charge on any atom is -0.448 e. The lowest BCUT2D eigenvalue weighted by Gasteiger charge is -2.16. The fourth-order valence-electron chi connectivity index (χ4n) is 2.61. The molecular formula is C20H14F3N3O5S. The van der Waals surface area contributed by atoms with E-state index in [9.17, 15) is 32.9 Å². The molecule has 0 bridgehead atoms. The van der Waals surface area contributed by atoms with Crippen LogP contribution in [0.4, 0.5) is 24.5 Å². The highest BCUT2D eigenvalue weighted by atomic mass is 32.1. The summed E-state index contributed by atoms with van der Waals surface area (Å²) in [5, 5.41) is 12.8. The van der Waals surface area contributed by atoms with Crippen molar-refractivity contribution in [1.82, 2.24) is 4.98 Å². The van der Waals surface area contributed by atoms with E-state index in [0.29, 0.717) is 6.07 Å². The van der Waals surface area contributed by atoms with Gasteiger partial charge in [-0.25, -0.2) is 4.79 Å². The van der Waals surface area contributed by atoms with E-state index in [1.165, 1.54) is 13.0 Å². The van der Waals surface area contributed by atoms with Gasteiger partial charge in [0.2, 0.25) is 0 Å². The second-order valence-electron chi connectivity index (χ2n) is 6.43. The number of nitrogens with zero attached hydrogens (tertiary/aromatic N) is 2. The van der Waals surface area contributed by atoms with Crippen molar-refractivity contribution in [3.63, 3.8) is 0 Å². The van der Waals surface area contributed by atoms with E-state index in [1.807, 2.05) is 5.32 Å². The van der Waals surface area contributed by atoms with Crippen molar-refractivity contribution in [3.8, 4) is 10.4 Å². The van der Waals surface area contributed by atoms with Gasteiger partial charge >= 0.3 is 12.1 Å². The number of pyridine rings is 1. The number of amides is 1. The minimum atomic E-state index is -4.95. The number of non-ortho nitro benzene ring substituents is 1. The molecule has 12 heteroatoms. The van der Waals surface area contributed by atoms with Gasteiger partial charge in [-0.3, -0.25) is 19.9 Å². The van der Waals surface area contributed by atoms with Gasteiger partial charge in [-0.1, -0.05) is 6.07 Å². The van der Waals surface area contributed by atoms with Crippen LogP contribution in [0.5, 0.6) is 0 Å². The third kappa shape index (κ3) is 5.27. The molecule has 0 radical (unpaired) electrons. The number of nitrogens with one attached hydrogen (secondary N) is 1. The Morgan fingerprint density at radius 1 is 1.22 bits per heavy atom. The zero-order chi connectivity index (χ0) is 23.5. The van der Waals surface area contributed by atoms with Gasteiger partial charge < -0.3 is 10.1 Å². The number of nitro groups is 1. The number of anilines is 1. The molecule has 1 unspecified atom stereocenters. The Balaban J connectivity index is 1.71. The summed E-state index contributed by atoms with van der Waals surface area (Å²) in [5.41, 5.74) is -2.08. The van der Waals surface area contributed by atoms with Crippen LogP contribution in [0.1, 0.15) is 22.2 Å².